The number of hydrogen-bond donors (Lipinski definition) is 1. The molecule has 1 unspecified atom stereocenters. The van der Waals surface area contributed by atoms with Gasteiger partial charge in [-0.1, -0.05) is 54.6 Å². The number of anilines is 1. The third-order valence-electron chi connectivity index (χ3n) is 6.00. The summed E-state index contributed by atoms with van der Waals surface area (Å²) >= 11 is 0. The maximum Gasteiger partial charge on any atom is 0.258 e. The third kappa shape index (κ3) is 5.48. The smallest absolute Gasteiger partial charge is 0.258 e. The van der Waals surface area contributed by atoms with Gasteiger partial charge in [-0.3, -0.25) is 9.69 Å². The largest absolute Gasteiger partial charge is 0.484 e. The lowest BCUT2D eigenvalue weighted by atomic mass is 9.96. The van der Waals surface area contributed by atoms with Crippen LogP contribution >= 0.6 is 0 Å². The van der Waals surface area contributed by atoms with Crippen LogP contribution in [0, 0.1) is 0 Å². The van der Waals surface area contributed by atoms with E-state index in [0.29, 0.717) is 12.3 Å². The Hall–Kier alpha value is -3.31. The SMILES string of the molecule is CN(C)c1ccc(C(CNC(=O)COc2ccccc2)N2CCc3ccccc3C2)cc1. The molecule has 0 radical (unpaired) electrons. The number of ether oxygens (including phenoxy) is 1. The number of carbonyl (C=O) groups excluding carboxylic acids is 1. The van der Waals surface area contributed by atoms with Crippen molar-refractivity contribution in [1.82, 2.24) is 10.2 Å². The number of fused-ring (bicyclic) bond motifs is 1. The molecule has 4 rings (SSSR count). The van der Waals surface area contributed by atoms with Gasteiger partial charge in [0, 0.05) is 39.4 Å². The highest BCUT2D eigenvalue weighted by Crippen LogP contribution is 2.28. The van der Waals surface area contributed by atoms with Gasteiger partial charge in [-0.15, -0.1) is 0 Å². The van der Waals surface area contributed by atoms with E-state index in [1.165, 1.54) is 16.7 Å². The van der Waals surface area contributed by atoms with Crippen LogP contribution in [0.25, 0.3) is 0 Å². The molecule has 3 aromatic rings. The lowest BCUT2D eigenvalue weighted by Crippen LogP contribution is -2.41. The first-order valence-electron chi connectivity index (χ1n) is 11.1. The zero-order chi connectivity index (χ0) is 22.3. The van der Waals surface area contributed by atoms with E-state index >= 15 is 0 Å². The van der Waals surface area contributed by atoms with E-state index in [2.05, 4.69) is 63.6 Å². The minimum Gasteiger partial charge on any atom is -0.484 e. The summed E-state index contributed by atoms with van der Waals surface area (Å²) in [5, 5.41) is 3.09. The molecule has 0 saturated carbocycles. The molecule has 32 heavy (non-hydrogen) atoms. The lowest BCUT2D eigenvalue weighted by molar-refractivity contribution is -0.123. The van der Waals surface area contributed by atoms with Crippen LogP contribution in [0.1, 0.15) is 22.7 Å². The molecule has 0 aliphatic carbocycles. The van der Waals surface area contributed by atoms with Crippen molar-refractivity contribution < 1.29 is 9.53 Å². The second kappa shape index (κ2) is 10.3. The van der Waals surface area contributed by atoms with Gasteiger partial charge in [0.25, 0.3) is 5.91 Å². The maximum atomic E-state index is 12.5. The Morgan fingerprint density at radius 1 is 0.969 bits per heavy atom. The van der Waals surface area contributed by atoms with Crippen LogP contribution in [-0.2, 0) is 17.8 Å². The summed E-state index contributed by atoms with van der Waals surface area (Å²) in [5.41, 5.74) is 5.16. The Labute approximate surface area is 190 Å². The Balaban J connectivity index is 1.45. The minimum absolute atomic E-state index is 0.0130. The molecule has 0 bridgehead atoms. The van der Waals surface area contributed by atoms with Crippen LogP contribution in [0.2, 0.25) is 0 Å². The van der Waals surface area contributed by atoms with Gasteiger partial charge in [-0.25, -0.2) is 0 Å². The normalized spacial score (nSPS) is 14.3. The second-order valence-corrected chi connectivity index (χ2v) is 8.40. The average molecular weight is 430 g/mol. The first kappa shape index (κ1) is 21.9. The van der Waals surface area contributed by atoms with Crippen molar-refractivity contribution in [3.63, 3.8) is 0 Å². The molecule has 0 fully saturated rings. The predicted molar refractivity (Wildman–Crippen MR) is 129 cm³/mol. The van der Waals surface area contributed by atoms with Gasteiger partial charge in [0.05, 0.1) is 6.04 Å². The maximum absolute atomic E-state index is 12.5. The van der Waals surface area contributed by atoms with Gasteiger partial charge < -0.3 is 15.0 Å². The molecule has 1 amide bonds. The van der Waals surface area contributed by atoms with Gasteiger partial charge in [-0.05, 0) is 47.4 Å². The molecule has 1 N–H and O–H groups in total. The molecule has 1 heterocycles. The number of hydrogen-bond acceptors (Lipinski definition) is 4. The molecular formula is C27H31N3O2. The first-order valence-corrected chi connectivity index (χ1v) is 11.1. The summed E-state index contributed by atoms with van der Waals surface area (Å²) in [6, 6.07) is 26.8. The summed E-state index contributed by atoms with van der Waals surface area (Å²) in [6.45, 7) is 2.40. The van der Waals surface area contributed by atoms with Crippen molar-refractivity contribution in [2.45, 2.75) is 19.0 Å². The van der Waals surface area contributed by atoms with Gasteiger partial charge in [-0.2, -0.15) is 0 Å². The van der Waals surface area contributed by atoms with E-state index in [1.807, 2.05) is 44.4 Å². The fourth-order valence-corrected chi connectivity index (χ4v) is 4.16. The summed E-state index contributed by atoms with van der Waals surface area (Å²) in [5.74, 6) is 0.590. The topological polar surface area (TPSA) is 44.8 Å². The lowest BCUT2D eigenvalue weighted by Gasteiger charge is -2.36. The van der Waals surface area contributed by atoms with Crippen LogP contribution in [0.5, 0.6) is 5.75 Å². The van der Waals surface area contributed by atoms with E-state index in [9.17, 15) is 4.79 Å². The van der Waals surface area contributed by atoms with Crippen molar-refractivity contribution in [3.8, 4) is 5.75 Å². The van der Waals surface area contributed by atoms with E-state index in [-0.39, 0.29) is 18.6 Å². The van der Waals surface area contributed by atoms with Gasteiger partial charge in [0.15, 0.2) is 6.61 Å². The number of benzene rings is 3. The van der Waals surface area contributed by atoms with E-state index in [0.717, 1.165) is 25.2 Å². The molecule has 166 valence electrons. The van der Waals surface area contributed by atoms with Crippen molar-refractivity contribution >= 4 is 11.6 Å². The Kier molecular flexibility index (Phi) is 7.07. The summed E-state index contributed by atoms with van der Waals surface area (Å²) in [6.07, 6.45) is 1.02. The molecule has 3 aromatic carbocycles. The number of rotatable bonds is 8. The van der Waals surface area contributed by atoms with E-state index in [4.69, 9.17) is 4.74 Å². The summed E-state index contributed by atoms with van der Waals surface area (Å²) in [4.78, 5) is 17.1. The van der Waals surface area contributed by atoms with Crippen LogP contribution in [0.4, 0.5) is 5.69 Å². The third-order valence-corrected chi connectivity index (χ3v) is 6.00. The van der Waals surface area contributed by atoms with Gasteiger partial charge in [0.1, 0.15) is 5.75 Å². The highest BCUT2D eigenvalue weighted by Gasteiger charge is 2.25. The fraction of sp³-hybridized carbons (Fsp3) is 0.296. The zero-order valence-corrected chi connectivity index (χ0v) is 18.8. The second-order valence-electron chi connectivity index (χ2n) is 8.40. The van der Waals surface area contributed by atoms with Gasteiger partial charge >= 0.3 is 0 Å². The van der Waals surface area contributed by atoms with Crippen LogP contribution in [-0.4, -0.2) is 44.6 Å². The first-order chi connectivity index (χ1) is 15.6. The summed E-state index contributed by atoms with van der Waals surface area (Å²) in [7, 11) is 4.09. The molecule has 0 aromatic heterocycles. The standard InChI is InChI=1S/C27H31N3O2/c1-29(2)24-14-12-22(13-15-24)26(30-17-16-21-8-6-7-9-23(21)19-30)18-28-27(31)20-32-25-10-4-3-5-11-25/h3-15,26H,16-20H2,1-2H3,(H,28,31). The molecule has 1 aliphatic heterocycles. The van der Waals surface area contributed by atoms with Crippen molar-refractivity contribution in [3.05, 3.63) is 95.6 Å². The van der Waals surface area contributed by atoms with Crippen molar-refractivity contribution in [2.75, 3.05) is 38.7 Å². The van der Waals surface area contributed by atoms with Crippen LogP contribution in [0.15, 0.2) is 78.9 Å². The number of nitrogens with zero attached hydrogens (tertiary/aromatic N) is 2. The fourth-order valence-electron chi connectivity index (χ4n) is 4.16. The Morgan fingerprint density at radius 2 is 1.66 bits per heavy atom. The highest BCUT2D eigenvalue weighted by atomic mass is 16.5. The Bertz CT molecular complexity index is 1020. The minimum atomic E-state index is -0.110. The molecule has 0 saturated heterocycles. The van der Waals surface area contributed by atoms with E-state index in [1.54, 1.807) is 0 Å². The highest BCUT2D eigenvalue weighted by molar-refractivity contribution is 5.77. The number of amides is 1. The monoisotopic (exact) mass is 429 g/mol. The number of carbonyl (C=O) groups is 1. The zero-order valence-electron chi connectivity index (χ0n) is 18.8. The molecular weight excluding hydrogens is 398 g/mol. The molecule has 5 heteroatoms. The Morgan fingerprint density at radius 3 is 2.38 bits per heavy atom. The average Bonchev–Trinajstić information content (AvgIpc) is 2.83. The van der Waals surface area contributed by atoms with Crippen LogP contribution < -0.4 is 15.0 Å². The predicted octanol–water partition coefficient (Wildman–Crippen LogP) is 4.05. The van der Waals surface area contributed by atoms with Crippen LogP contribution in [0.3, 0.4) is 0 Å². The van der Waals surface area contributed by atoms with E-state index < -0.39 is 0 Å². The quantitative estimate of drug-likeness (QED) is 0.587. The molecule has 1 aliphatic rings. The number of para-hydroxylation sites is 1. The molecule has 5 nitrogen and oxygen atoms in total. The summed E-state index contributed by atoms with van der Waals surface area (Å²) < 4.78 is 5.61. The molecule has 1 atom stereocenters. The van der Waals surface area contributed by atoms with Crippen molar-refractivity contribution in [2.24, 2.45) is 0 Å². The van der Waals surface area contributed by atoms with Crippen molar-refractivity contribution in [1.29, 1.82) is 0 Å². The van der Waals surface area contributed by atoms with Gasteiger partial charge in [0.2, 0.25) is 0 Å². The number of nitrogens with one attached hydrogen (secondary N) is 1. The molecule has 0 spiro atoms.